The Labute approximate surface area is 104 Å². The second kappa shape index (κ2) is 5.52. The Morgan fingerprint density at radius 2 is 2.06 bits per heavy atom. The van der Waals surface area contributed by atoms with E-state index < -0.39 is 23.8 Å². The second-order valence-electron chi connectivity index (χ2n) is 4.08. The Hall–Kier alpha value is -2.05. The molecular weight excluding hydrogens is 238 g/mol. The van der Waals surface area contributed by atoms with E-state index in [4.69, 9.17) is 10.5 Å². The van der Waals surface area contributed by atoms with Crippen LogP contribution in [0.5, 0.6) is 0 Å². The summed E-state index contributed by atoms with van der Waals surface area (Å²) >= 11 is 0. The van der Waals surface area contributed by atoms with E-state index in [1.165, 1.54) is 10.8 Å². The van der Waals surface area contributed by atoms with E-state index in [9.17, 15) is 14.4 Å². The van der Waals surface area contributed by atoms with Gasteiger partial charge in [0.1, 0.15) is 12.2 Å². The fourth-order valence-electron chi connectivity index (χ4n) is 1.47. The van der Waals surface area contributed by atoms with Crippen LogP contribution in [0.3, 0.4) is 0 Å². The van der Waals surface area contributed by atoms with Crippen LogP contribution < -0.4 is 17.0 Å². The third kappa shape index (κ3) is 2.99. The molecule has 0 aliphatic rings. The number of aromatic nitrogens is 2. The zero-order chi connectivity index (χ0) is 13.9. The lowest BCUT2D eigenvalue weighted by Gasteiger charge is -2.11. The molecule has 0 saturated heterocycles. The first-order valence-electron chi connectivity index (χ1n) is 5.66. The second-order valence-corrected chi connectivity index (χ2v) is 4.08. The largest absolute Gasteiger partial charge is 0.462 e. The topological polar surface area (TPSA) is 96.3 Å². The minimum atomic E-state index is -0.676. The van der Waals surface area contributed by atoms with Crippen molar-refractivity contribution in [2.45, 2.75) is 40.0 Å². The molecule has 0 aromatic carbocycles. The van der Waals surface area contributed by atoms with E-state index in [-0.39, 0.29) is 11.8 Å². The maximum atomic E-state index is 11.9. The van der Waals surface area contributed by atoms with Gasteiger partial charge in [0, 0.05) is 12.7 Å². The highest BCUT2D eigenvalue weighted by Crippen LogP contribution is 1.93. The molecule has 0 unspecified atom stereocenters. The number of carbonyl (C=O) groups is 1. The predicted molar refractivity (Wildman–Crippen MR) is 66.3 cm³/mol. The number of hydrogen-bond donors (Lipinski definition) is 1. The smallest absolute Gasteiger partial charge is 0.331 e. The number of anilines is 1. The molecule has 1 aromatic rings. The van der Waals surface area contributed by atoms with E-state index in [1.54, 1.807) is 20.8 Å². The number of hydrogen-bond acceptors (Lipinski definition) is 5. The van der Waals surface area contributed by atoms with Crippen molar-refractivity contribution in [3.8, 4) is 0 Å². The quantitative estimate of drug-likeness (QED) is 0.736. The number of nitrogen functional groups attached to an aromatic ring is 1. The van der Waals surface area contributed by atoms with Crippen molar-refractivity contribution in [3.05, 3.63) is 27.0 Å². The third-order valence-corrected chi connectivity index (χ3v) is 2.26. The Kier molecular flexibility index (Phi) is 4.30. The Morgan fingerprint density at radius 1 is 1.44 bits per heavy atom. The highest BCUT2D eigenvalue weighted by atomic mass is 16.5. The van der Waals surface area contributed by atoms with Crippen molar-refractivity contribution in [2.75, 3.05) is 5.73 Å². The number of nitrogens with zero attached hydrogens (tertiary/aromatic N) is 2. The molecule has 0 atom stereocenters. The van der Waals surface area contributed by atoms with Gasteiger partial charge in [0.25, 0.3) is 5.56 Å². The van der Waals surface area contributed by atoms with Gasteiger partial charge in [0.15, 0.2) is 0 Å². The maximum absolute atomic E-state index is 11.9. The van der Waals surface area contributed by atoms with Crippen molar-refractivity contribution in [1.29, 1.82) is 0 Å². The van der Waals surface area contributed by atoms with Crippen LogP contribution in [0.2, 0.25) is 0 Å². The molecule has 1 aromatic heterocycles. The highest BCUT2D eigenvalue weighted by molar-refractivity contribution is 5.69. The van der Waals surface area contributed by atoms with E-state index >= 15 is 0 Å². The van der Waals surface area contributed by atoms with Gasteiger partial charge in [0.05, 0.1) is 6.10 Å². The normalized spacial score (nSPS) is 10.7. The average Bonchev–Trinajstić information content (AvgIpc) is 2.28. The predicted octanol–water partition coefficient (Wildman–Crippen LogP) is -0.436. The van der Waals surface area contributed by atoms with E-state index in [0.717, 1.165) is 4.57 Å². The van der Waals surface area contributed by atoms with Crippen molar-refractivity contribution in [2.24, 2.45) is 0 Å². The summed E-state index contributed by atoms with van der Waals surface area (Å²) in [5.74, 6) is -0.641. The zero-order valence-corrected chi connectivity index (χ0v) is 10.7. The molecule has 100 valence electrons. The minimum Gasteiger partial charge on any atom is -0.462 e. The lowest BCUT2D eigenvalue weighted by Crippen LogP contribution is -2.42. The molecule has 1 rings (SSSR count). The van der Waals surface area contributed by atoms with Gasteiger partial charge in [-0.3, -0.25) is 14.2 Å². The molecule has 0 bridgehead atoms. The molecule has 0 aliphatic heterocycles. The standard InChI is InChI=1S/C11H17N3O4/c1-4-13-5-8(12)10(16)14(11(13)17)6-9(15)18-7(2)3/h5,7H,4,6,12H2,1-3H3. The molecule has 7 nitrogen and oxygen atoms in total. The van der Waals surface area contributed by atoms with E-state index in [1.807, 2.05) is 0 Å². The first-order chi connectivity index (χ1) is 8.36. The van der Waals surface area contributed by atoms with Crippen LogP contribution in [-0.2, 0) is 22.6 Å². The number of nitrogens with two attached hydrogens (primary N) is 1. The molecule has 0 radical (unpaired) electrons. The number of rotatable bonds is 4. The molecule has 2 N–H and O–H groups in total. The lowest BCUT2D eigenvalue weighted by atomic mass is 10.4. The summed E-state index contributed by atoms with van der Waals surface area (Å²) in [5, 5.41) is 0. The van der Waals surface area contributed by atoms with Crippen LogP contribution in [0.4, 0.5) is 5.69 Å². The molecule has 0 fully saturated rings. The molecule has 7 heteroatoms. The SMILES string of the molecule is CCn1cc(N)c(=O)n(CC(=O)OC(C)C)c1=O. The molecule has 18 heavy (non-hydrogen) atoms. The average molecular weight is 255 g/mol. The molecule has 0 amide bonds. The summed E-state index contributed by atoms with van der Waals surface area (Å²) in [6.45, 7) is 5.04. The van der Waals surface area contributed by atoms with Crippen molar-refractivity contribution in [1.82, 2.24) is 9.13 Å². The van der Waals surface area contributed by atoms with Crippen molar-refractivity contribution in [3.63, 3.8) is 0 Å². The van der Waals surface area contributed by atoms with Crippen LogP contribution >= 0.6 is 0 Å². The lowest BCUT2D eigenvalue weighted by molar-refractivity contribution is -0.148. The Balaban J connectivity index is 3.16. The monoisotopic (exact) mass is 255 g/mol. The summed E-state index contributed by atoms with van der Waals surface area (Å²) in [6.07, 6.45) is 0.970. The van der Waals surface area contributed by atoms with Gasteiger partial charge in [-0.15, -0.1) is 0 Å². The molecule has 0 spiro atoms. The van der Waals surface area contributed by atoms with E-state index in [2.05, 4.69) is 0 Å². The van der Waals surface area contributed by atoms with Gasteiger partial charge in [-0.05, 0) is 20.8 Å². The Morgan fingerprint density at radius 3 is 2.56 bits per heavy atom. The van der Waals surface area contributed by atoms with Crippen LogP contribution in [0.25, 0.3) is 0 Å². The molecule has 1 heterocycles. The van der Waals surface area contributed by atoms with Gasteiger partial charge < -0.3 is 10.5 Å². The summed E-state index contributed by atoms with van der Waals surface area (Å²) in [7, 11) is 0. The minimum absolute atomic E-state index is 0.0752. The van der Waals surface area contributed by atoms with Crippen LogP contribution in [0.1, 0.15) is 20.8 Å². The summed E-state index contributed by atoms with van der Waals surface area (Å²) in [5.41, 5.74) is 4.18. The maximum Gasteiger partial charge on any atom is 0.331 e. The summed E-state index contributed by atoms with van der Waals surface area (Å²) in [6, 6.07) is 0. The number of aryl methyl sites for hydroxylation is 1. The number of carbonyl (C=O) groups excluding carboxylic acids is 1. The van der Waals surface area contributed by atoms with Crippen molar-refractivity contribution >= 4 is 11.7 Å². The van der Waals surface area contributed by atoms with Crippen LogP contribution in [0, 0.1) is 0 Å². The van der Waals surface area contributed by atoms with Gasteiger partial charge >= 0.3 is 11.7 Å². The molecule has 0 aliphatic carbocycles. The van der Waals surface area contributed by atoms with Crippen molar-refractivity contribution < 1.29 is 9.53 Å². The van der Waals surface area contributed by atoms with Gasteiger partial charge in [-0.25, -0.2) is 9.36 Å². The Bertz CT molecular complexity index is 556. The number of ether oxygens (including phenoxy) is 1. The van der Waals surface area contributed by atoms with E-state index in [0.29, 0.717) is 6.54 Å². The van der Waals surface area contributed by atoms with Crippen LogP contribution in [-0.4, -0.2) is 21.2 Å². The van der Waals surface area contributed by atoms with Crippen LogP contribution in [0.15, 0.2) is 15.8 Å². The first kappa shape index (κ1) is 14.0. The van der Waals surface area contributed by atoms with Gasteiger partial charge in [-0.1, -0.05) is 0 Å². The number of esters is 1. The van der Waals surface area contributed by atoms with Gasteiger partial charge in [-0.2, -0.15) is 0 Å². The summed E-state index contributed by atoms with van der Waals surface area (Å²) in [4.78, 5) is 35.0. The summed E-state index contributed by atoms with van der Waals surface area (Å²) < 4.78 is 6.93. The molecule has 0 saturated carbocycles. The van der Waals surface area contributed by atoms with Gasteiger partial charge in [0.2, 0.25) is 0 Å². The fourth-order valence-corrected chi connectivity index (χ4v) is 1.47. The molecular formula is C11H17N3O4. The highest BCUT2D eigenvalue weighted by Gasteiger charge is 2.13. The zero-order valence-electron chi connectivity index (χ0n) is 10.7. The first-order valence-corrected chi connectivity index (χ1v) is 5.66. The fraction of sp³-hybridized carbons (Fsp3) is 0.545. The third-order valence-electron chi connectivity index (χ3n) is 2.26.